The maximum absolute atomic E-state index is 13.8. The van der Waals surface area contributed by atoms with Crippen molar-refractivity contribution in [2.45, 2.75) is 26.0 Å². The second-order valence-corrected chi connectivity index (χ2v) is 10.6. The molecule has 216 valence electrons. The Balaban J connectivity index is 1.46. The third kappa shape index (κ3) is 9.07. The van der Waals surface area contributed by atoms with Gasteiger partial charge in [-0.25, -0.2) is 0 Å². The van der Waals surface area contributed by atoms with Crippen LogP contribution in [0.3, 0.4) is 0 Å². The molecule has 0 aliphatic carbocycles. The number of para-hydroxylation sites is 1. The standard InChI is InChI=1S/C32H35Cl2N3O4/c1-40-17-7-15-36(32(39)23-41-22-24-8-3-2-4-9-24)21-31(38)37(20-25-12-13-28(33)29(34)18-25)16-14-26-19-35-30-11-6-5-10-27(26)30/h2-6,8-13,18-19,35H,7,14-17,20-23H2,1H3. The maximum Gasteiger partial charge on any atom is 0.249 e. The molecule has 0 spiro atoms. The largest absolute Gasteiger partial charge is 0.385 e. The molecule has 0 radical (unpaired) electrons. The highest BCUT2D eigenvalue weighted by Gasteiger charge is 2.22. The number of nitrogens with zero attached hydrogens (tertiary/aromatic N) is 2. The highest BCUT2D eigenvalue weighted by molar-refractivity contribution is 6.42. The van der Waals surface area contributed by atoms with Crippen molar-refractivity contribution in [2.24, 2.45) is 0 Å². The van der Waals surface area contributed by atoms with Gasteiger partial charge in [-0.1, -0.05) is 77.8 Å². The van der Waals surface area contributed by atoms with E-state index in [0.717, 1.165) is 27.6 Å². The van der Waals surface area contributed by atoms with Crippen molar-refractivity contribution in [3.8, 4) is 0 Å². The minimum Gasteiger partial charge on any atom is -0.385 e. The molecule has 0 atom stereocenters. The molecule has 3 aromatic carbocycles. The second-order valence-electron chi connectivity index (χ2n) is 9.81. The molecular weight excluding hydrogens is 561 g/mol. The predicted octanol–water partition coefficient (Wildman–Crippen LogP) is 6.13. The zero-order valence-electron chi connectivity index (χ0n) is 23.2. The van der Waals surface area contributed by atoms with E-state index < -0.39 is 0 Å². The minimum absolute atomic E-state index is 0.0630. The van der Waals surface area contributed by atoms with E-state index in [2.05, 4.69) is 11.1 Å². The number of benzene rings is 3. The number of H-pyrrole nitrogens is 1. The van der Waals surface area contributed by atoms with Crippen LogP contribution in [0.4, 0.5) is 0 Å². The van der Waals surface area contributed by atoms with Gasteiger partial charge in [0.1, 0.15) is 6.61 Å². The summed E-state index contributed by atoms with van der Waals surface area (Å²) in [6, 6.07) is 23.1. The molecule has 4 aromatic rings. The number of carbonyl (C=O) groups is 2. The molecule has 4 rings (SSSR count). The van der Waals surface area contributed by atoms with Gasteiger partial charge in [-0.3, -0.25) is 9.59 Å². The Hall–Kier alpha value is -3.36. The van der Waals surface area contributed by atoms with Crippen molar-refractivity contribution in [1.29, 1.82) is 0 Å². The number of aromatic amines is 1. The molecule has 0 unspecified atom stereocenters. The fraction of sp³-hybridized carbons (Fsp3) is 0.312. The first-order valence-electron chi connectivity index (χ1n) is 13.6. The van der Waals surface area contributed by atoms with Gasteiger partial charge in [-0.15, -0.1) is 0 Å². The Kier molecular flexibility index (Phi) is 11.6. The van der Waals surface area contributed by atoms with Crippen LogP contribution in [-0.4, -0.2) is 66.6 Å². The summed E-state index contributed by atoms with van der Waals surface area (Å²) in [4.78, 5) is 33.5. The molecule has 0 saturated heterocycles. The summed E-state index contributed by atoms with van der Waals surface area (Å²) in [5.74, 6) is -0.402. The van der Waals surface area contributed by atoms with Gasteiger partial charge in [0.15, 0.2) is 0 Å². The Labute approximate surface area is 250 Å². The molecule has 9 heteroatoms. The number of carbonyl (C=O) groups excluding carboxylic acids is 2. The average molecular weight is 597 g/mol. The van der Waals surface area contributed by atoms with Gasteiger partial charge in [-0.05, 0) is 47.7 Å². The van der Waals surface area contributed by atoms with Crippen LogP contribution in [0, 0.1) is 0 Å². The third-order valence-electron chi connectivity index (χ3n) is 6.83. The van der Waals surface area contributed by atoms with Gasteiger partial charge < -0.3 is 24.3 Å². The molecule has 1 heterocycles. The summed E-state index contributed by atoms with van der Waals surface area (Å²) in [6.07, 6.45) is 3.24. The number of hydrogen-bond acceptors (Lipinski definition) is 4. The van der Waals surface area contributed by atoms with Gasteiger partial charge in [-0.2, -0.15) is 0 Å². The SMILES string of the molecule is COCCCN(CC(=O)N(CCc1c[nH]c2ccccc12)Cc1ccc(Cl)c(Cl)c1)C(=O)COCc1ccccc1. The molecule has 0 fully saturated rings. The van der Waals surface area contributed by atoms with Crippen LogP contribution in [0.25, 0.3) is 10.9 Å². The van der Waals surface area contributed by atoms with Crippen molar-refractivity contribution in [3.05, 3.63) is 106 Å². The highest BCUT2D eigenvalue weighted by atomic mass is 35.5. The van der Waals surface area contributed by atoms with E-state index in [-0.39, 0.29) is 25.0 Å². The van der Waals surface area contributed by atoms with E-state index in [1.165, 1.54) is 0 Å². The molecular formula is C32H35Cl2N3O4. The fourth-order valence-corrected chi connectivity index (χ4v) is 4.94. The highest BCUT2D eigenvalue weighted by Crippen LogP contribution is 2.24. The average Bonchev–Trinajstić information content (AvgIpc) is 3.40. The zero-order valence-corrected chi connectivity index (χ0v) is 24.7. The van der Waals surface area contributed by atoms with Crippen molar-refractivity contribution in [2.75, 3.05) is 40.0 Å². The first kappa shape index (κ1) is 30.6. The van der Waals surface area contributed by atoms with Crippen molar-refractivity contribution in [1.82, 2.24) is 14.8 Å². The Bertz CT molecular complexity index is 1430. The molecule has 2 amide bonds. The summed E-state index contributed by atoms with van der Waals surface area (Å²) in [6.45, 7) is 1.81. The van der Waals surface area contributed by atoms with Crippen LogP contribution in [0.5, 0.6) is 0 Å². The van der Waals surface area contributed by atoms with E-state index in [9.17, 15) is 9.59 Å². The van der Waals surface area contributed by atoms with Crippen LogP contribution in [0.2, 0.25) is 10.0 Å². The van der Waals surface area contributed by atoms with Crippen molar-refractivity contribution < 1.29 is 19.1 Å². The fourth-order valence-electron chi connectivity index (χ4n) is 4.62. The van der Waals surface area contributed by atoms with Crippen LogP contribution < -0.4 is 0 Å². The third-order valence-corrected chi connectivity index (χ3v) is 7.57. The number of methoxy groups -OCH3 is 1. The van der Waals surface area contributed by atoms with Gasteiger partial charge in [0.2, 0.25) is 11.8 Å². The number of amides is 2. The summed E-state index contributed by atoms with van der Waals surface area (Å²) < 4.78 is 10.9. The molecule has 1 N–H and O–H groups in total. The number of halogens is 2. The number of rotatable bonds is 15. The summed E-state index contributed by atoms with van der Waals surface area (Å²) >= 11 is 12.4. The Morgan fingerprint density at radius 2 is 1.63 bits per heavy atom. The van der Waals surface area contributed by atoms with E-state index in [4.69, 9.17) is 32.7 Å². The smallest absolute Gasteiger partial charge is 0.249 e. The molecule has 41 heavy (non-hydrogen) atoms. The number of fused-ring (bicyclic) bond motifs is 1. The normalized spacial score (nSPS) is 11.1. The quantitative estimate of drug-likeness (QED) is 0.168. The van der Waals surface area contributed by atoms with Crippen LogP contribution >= 0.6 is 23.2 Å². The molecule has 7 nitrogen and oxygen atoms in total. The van der Waals surface area contributed by atoms with Crippen molar-refractivity contribution >= 4 is 45.9 Å². The van der Waals surface area contributed by atoms with Crippen LogP contribution in [-0.2, 0) is 38.6 Å². The summed E-state index contributed by atoms with van der Waals surface area (Å²) in [5, 5.41) is 2.01. The first-order chi connectivity index (χ1) is 19.9. The summed E-state index contributed by atoms with van der Waals surface area (Å²) in [5.41, 5.74) is 4.01. The molecule has 0 bridgehead atoms. The molecule has 0 aliphatic heterocycles. The number of aromatic nitrogens is 1. The molecule has 0 saturated carbocycles. The lowest BCUT2D eigenvalue weighted by molar-refractivity contribution is -0.144. The van der Waals surface area contributed by atoms with Crippen molar-refractivity contribution in [3.63, 3.8) is 0 Å². The summed E-state index contributed by atoms with van der Waals surface area (Å²) in [7, 11) is 1.62. The topological polar surface area (TPSA) is 74.9 Å². The maximum atomic E-state index is 13.8. The van der Waals surface area contributed by atoms with E-state index in [1.54, 1.807) is 29.0 Å². The zero-order chi connectivity index (χ0) is 29.0. The molecule has 1 aromatic heterocycles. The Morgan fingerprint density at radius 3 is 2.41 bits per heavy atom. The number of ether oxygens (including phenoxy) is 2. The van der Waals surface area contributed by atoms with Gasteiger partial charge in [0, 0.05) is 50.5 Å². The van der Waals surface area contributed by atoms with E-state index in [0.29, 0.717) is 55.7 Å². The number of hydrogen-bond donors (Lipinski definition) is 1. The van der Waals surface area contributed by atoms with E-state index in [1.807, 2.05) is 60.8 Å². The van der Waals surface area contributed by atoms with Gasteiger partial charge >= 0.3 is 0 Å². The van der Waals surface area contributed by atoms with E-state index >= 15 is 0 Å². The lowest BCUT2D eigenvalue weighted by Gasteiger charge is -2.28. The van der Waals surface area contributed by atoms with Gasteiger partial charge in [0.05, 0.1) is 23.2 Å². The lowest BCUT2D eigenvalue weighted by Crippen LogP contribution is -2.45. The second kappa shape index (κ2) is 15.6. The Morgan fingerprint density at radius 1 is 0.854 bits per heavy atom. The van der Waals surface area contributed by atoms with Gasteiger partial charge in [0.25, 0.3) is 0 Å². The lowest BCUT2D eigenvalue weighted by atomic mass is 10.1. The van der Waals surface area contributed by atoms with Crippen LogP contribution in [0.1, 0.15) is 23.1 Å². The minimum atomic E-state index is -0.239. The number of nitrogens with one attached hydrogen (secondary N) is 1. The molecule has 0 aliphatic rings. The van der Waals surface area contributed by atoms with Crippen LogP contribution in [0.15, 0.2) is 79.0 Å². The monoisotopic (exact) mass is 595 g/mol. The first-order valence-corrected chi connectivity index (χ1v) is 14.3. The predicted molar refractivity (Wildman–Crippen MR) is 163 cm³/mol.